The molecule has 7 nitrogen and oxygen atoms in total. The van der Waals surface area contributed by atoms with E-state index < -0.39 is 11.0 Å². The lowest BCUT2D eigenvalue weighted by Crippen LogP contribution is -2.44. The second-order valence-electron chi connectivity index (χ2n) is 6.74. The minimum absolute atomic E-state index is 0.0995. The van der Waals surface area contributed by atoms with Gasteiger partial charge in [0.15, 0.2) is 0 Å². The van der Waals surface area contributed by atoms with E-state index in [1.165, 1.54) is 36.4 Å². The zero-order chi connectivity index (χ0) is 19.6. The van der Waals surface area contributed by atoms with Crippen molar-refractivity contribution in [3.8, 4) is 5.75 Å². The highest BCUT2D eigenvalue weighted by Gasteiger charge is 2.27. The van der Waals surface area contributed by atoms with Gasteiger partial charge in [-0.2, -0.15) is 0 Å². The van der Waals surface area contributed by atoms with Crippen LogP contribution in [-0.2, 0) is 11.2 Å². The molecule has 0 spiro atoms. The molecular formula is C20H23N3O4. The van der Waals surface area contributed by atoms with Gasteiger partial charge in [0.1, 0.15) is 11.8 Å². The molecule has 0 bridgehead atoms. The molecule has 0 saturated heterocycles. The van der Waals surface area contributed by atoms with Crippen molar-refractivity contribution >= 4 is 23.0 Å². The predicted octanol–water partition coefficient (Wildman–Crippen LogP) is 3.69. The highest BCUT2D eigenvalue weighted by Crippen LogP contribution is 2.32. The molecule has 27 heavy (non-hydrogen) atoms. The van der Waals surface area contributed by atoms with Crippen LogP contribution in [0.2, 0.25) is 0 Å². The summed E-state index contributed by atoms with van der Waals surface area (Å²) in [5.74, 6) is 0.151. The summed E-state index contributed by atoms with van der Waals surface area (Å²) >= 11 is 0. The molecule has 0 aliphatic carbocycles. The third-order valence-corrected chi connectivity index (χ3v) is 4.89. The number of rotatable bonds is 5. The van der Waals surface area contributed by atoms with E-state index in [9.17, 15) is 14.9 Å². The van der Waals surface area contributed by atoms with Crippen molar-refractivity contribution in [1.82, 2.24) is 0 Å². The van der Waals surface area contributed by atoms with E-state index in [1.807, 2.05) is 13.0 Å². The molecule has 2 aromatic carbocycles. The van der Waals surface area contributed by atoms with Crippen LogP contribution >= 0.6 is 0 Å². The number of nitro benzene ring substituents is 1. The molecule has 0 unspecified atom stereocenters. The van der Waals surface area contributed by atoms with Gasteiger partial charge in [-0.1, -0.05) is 17.7 Å². The van der Waals surface area contributed by atoms with Gasteiger partial charge < -0.3 is 15.0 Å². The van der Waals surface area contributed by atoms with Gasteiger partial charge in [-0.25, -0.2) is 0 Å². The van der Waals surface area contributed by atoms with Crippen LogP contribution < -0.4 is 15.0 Å². The summed E-state index contributed by atoms with van der Waals surface area (Å²) in [5, 5.41) is 13.8. The van der Waals surface area contributed by atoms with Gasteiger partial charge in [-0.15, -0.1) is 0 Å². The van der Waals surface area contributed by atoms with Crippen molar-refractivity contribution in [2.45, 2.75) is 32.7 Å². The van der Waals surface area contributed by atoms with Gasteiger partial charge >= 0.3 is 0 Å². The molecule has 0 aromatic heterocycles. The van der Waals surface area contributed by atoms with E-state index >= 15 is 0 Å². The fourth-order valence-electron chi connectivity index (χ4n) is 3.44. The van der Waals surface area contributed by atoms with Crippen LogP contribution in [-0.4, -0.2) is 30.5 Å². The van der Waals surface area contributed by atoms with Crippen LogP contribution in [0.15, 0.2) is 36.4 Å². The third-order valence-electron chi connectivity index (χ3n) is 4.89. The second kappa shape index (κ2) is 7.65. The van der Waals surface area contributed by atoms with Crippen molar-refractivity contribution in [3.05, 3.63) is 57.6 Å². The molecule has 0 saturated carbocycles. The average Bonchev–Trinajstić information content (AvgIpc) is 2.66. The lowest BCUT2D eigenvalue weighted by atomic mass is 9.98. The zero-order valence-corrected chi connectivity index (χ0v) is 15.7. The van der Waals surface area contributed by atoms with Gasteiger partial charge in [-0.3, -0.25) is 14.9 Å². The number of hydrogen-bond donors (Lipinski definition) is 1. The molecular weight excluding hydrogens is 346 g/mol. The first kappa shape index (κ1) is 18.7. The Bertz CT molecular complexity index is 882. The highest BCUT2D eigenvalue weighted by atomic mass is 16.6. The summed E-state index contributed by atoms with van der Waals surface area (Å²) in [5.41, 5.74) is 3.71. The zero-order valence-electron chi connectivity index (χ0n) is 15.7. The van der Waals surface area contributed by atoms with Crippen molar-refractivity contribution in [2.75, 3.05) is 23.9 Å². The minimum atomic E-state index is -0.498. The Labute approximate surface area is 158 Å². The van der Waals surface area contributed by atoms with Crippen molar-refractivity contribution < 1.29 is 14.5 Å². The molecule has 1 aliphatic rings. The highest BCUT2D eigenvalue weighted by molar-refractivity contribution is 5.98. The Kier molecular flexibility index (Phi) is 5.30. The van der Waals surface area contributed by atoms with E-state index in [0.29, 0.717) is 11.4 Å². The largest absolute Gasteiger partial charge is 0.495 e. The third kappa shape index (κ3) is 3.86. The summed E-state index contributed by atoms with van der Waals surface area (Å²) in [6, 6.07) is 9.99. The van der Waals surface area contributed by atoms with Crippen LogP contribution in [0.5, 0.6) is 5.75 Å². The lowest BCUT2D eigenvalue weighted by molar-refractivity contribution is -0.384. The van der Waals surface area contributed by atoms with Gasteiger partial charge in [0.25, 0.3) is 5.69 Å². The number of nitrogens with zero attached hydrogens (tertiary/aromatic N) is 2. The quantitative estimate of drug-likeness (QED) is 0.642. The summed E-state index contributed by atoms with van der Waals surface area (Å²) in [6.07, 6.45) is 1.98. The van der Waals surface area contributed by atoms with E-state index in [-0.39, 0.29) is 11.6 Å². The minimum Gasteiger partial charge on any atom is -0.495 e. The topological polar surface area (TPSA) is 84.7 Å². The molecule has 0 fully saturated rings. The smallest absolute Gasteiger partial charge is 0.271 e. The number of ether oxygens (including phenoxy) is 1. The van der Waals surface area contributed by atoms with E-state index in [1.54, 1.807) is 0 Å². The maximum Gasteiger partial charge on any atom is 0.271 e. The lowest BCUT2D eigenvalue weighted by Gasteiger charge is -2.35. The number of amides is 1. The number of fused-ring (bicyclic) bond motifs is 1. The number of nitro groups is 1. The predicted molar refractivity (Wildman–Crippen MR) is 105 cm³/mol. The number of nitrogens with one attached hydrogen (secondary N) is 1. The van der Waals surface area contributed by atoms with Crippen LogP contribution in [0.4, 0.5) is 17.1 Å². The second-order valence-corrected chi connectivity index (χ2v) is 6.74. The van der Waals surface area contributed by atoms with Gasteiger partial charge in [0, 0.05) is 24.4 Å². The monoisotopic (exact) mass is 369 g/mol. The molecule has 1 N–H and O–H groups in total. The average molecular weight is 369 g/mol. The Morgan fingerprint density at radius 3 is 2.78 bits per heavy atom. The molecule has 1 amide bonds. The van der Waals surface area contributed by atoms with Crippen molar-refractivity contribution in [3.63, 3.8) is 0 Å². The number of methoxy groups -OCH3 is 1. The number of non-ortho nitro benzene ring substituents is 1. The molecule has 3 rings (SSSR count). The first-order valence-electron chi connectivity index (χ1n) is 8.90. The maximum absolute atomic E-state index is 12.9. The van der Waals surface area contributed by atoms with Gasteiger partial charge in [0.2, 0.25) is 5.91 Å². The molecule has 1 aliphatic heterocycles. The fraction of sp³-hybridized carbons (Fsp3) is 0.350. The van der Waals surface area contributed by atoms with Gasteiger partial charge in [-0.05, 0) is 44.4 Å². The van der Waals surface area contributed by atoms with Crippen LogP contribution in [0.25, 0.3) is 0 Å². The SMILES string of the molecule is COc1ccc([N+](=O)[O-])cc1NC(=O)[C@@H](C)N1CCCc2cc(C)ccc21. The standard InChI is InChI=1S/C20H23N3O4/c1-13-6-8-18-15(11-13)5-4-10-22(18)14(2)20(24)21-17-12-16(23(25)26)7-9-19(17)27-3/h6-9,11-12,14H,4-5,10H2,1-3H3,(H,21,24)/t14-/m1/s1. The van der Waals surface area contributed by atoms with Crippen LogP contribution in [0, 0.1) is 17.0 Å². The number of carbonyl (C=O) groups excluding carboxylic acids is 1. The first-order chi connectivity index (χ1) is 12.9. The van der Waals surface area contributed by atoms with Crippen molar-refractivity contribution in [1.29, 1.82) is 0 Å². The number of benzene rings is 2. The van der Waals surface area contributed by atoms with E-state index in [2.05, 4.69) is 29.3 Å². The Balaban J connectivity index is 1.83. The molecule has 0 radical (unpaired) electrons. The number of carbonyl (C=O) groups is 1. The van der Waals surface area contributed by atoms with Crippen molar-refractivity contribution in [2.24, 2.45) is 0 Å². The Morgan fingerprint density at radius 1 is 1.30 bits per heavy atom. The summed E-state index contributed by atoms with van der Waals surface area (Å²) in [7, 11) is 1.46. The number of hydrogen-bond acceptors (Lipinski definition) is 5. The summed E-state index contributed by atoms with van der Waals surface area (Å²) < 4.78 is 5.22. The molecule has 1 heterocycles. The van der Waals surface area contributed by atoms with Crippen LogP contribution in [0.3, 0.4) is 0 Å². The van der Waals surface area contributed by atoms with E-state index in [0.717, 1.165) is 25.1 Å². The Hall–Kier alpha value is -3.09. The normalized spacial score (nSPS) is 14.3. The molecule has 142 valence electrons. The summed E-state index contributed by atoms with van der Waals surface area (Å²) in [4.78, 5) is 25.5. The first-order valence-corrected chi connectivity index (χ1v) is 8.90. The molecule has 7 heteroatoms. The van der Waals surface area contributed by atoms with Gasteiger partial charge in [0.05, 0.1) is 17.7 Å². The molecule has 2 aromatic rings. The maximum atomic E-state index is 12.9. The van der Waals surface area contributed by atoms with Crippen LogP contribution in [0.1, 0.15) is 24.5 Å². The van der Waals surface area contributed by atoms with E-state index in [4.69, 9.17) is 4.74 Å². The summed E-state index contributed by atoms with van der Waals surface area (Å²) in [6.45, 7) is 4.69. The number of aryl methyl sites for hydroxylation is 2. The fourth-order valence-corrected chi connectivity index (χ4v) is 3.44. The Morgan fingerprint density at radius 2 is 2.07 bits per heavy atom. The number of anilines is 2. The molecule has 1 atom stereocenters.